The van der Waals surface area contributed by atoms with Gasteiger partial charge in [0.15, 0.2) is 0 Å². The Morgan fingerprint density at radius 1 is 1.64 bits per heavy atom. The molecule has 0 radical (unpaired) electrons. The Labute approximate surface area is 84.5 Å². The number of fused-ring (bicyclic) bond motifs is 1. The predicted octanol–water partition coefficient (Wildman–Crippen LogP) is 0.949. The van der Waals surface area contributed by atoms with E-state index in [9.17, 15) is 4.79 Å². The number of hydrogen-bond donors (Lipinski definition) is 0. The van der Waals surface area contributed by atoms with Gasteiger partial charge in [-0.25, -0.2) is 14.8 Å². The zero-order valence-electron chi connectivity index (χ0n) is 6.94. The number of halogens is 1. The number of nitrogens with zero attached hydrogens (tertiary/aromatic N) is 2. The van der Waals surface area contributed by atoms with Crippen LogP contribution in [-0.2, 0) is 9.08 Å². The lowest BCUT2D eigenvalue weighted by atomic mass is 10.1. The highest BCUT2D eigenvalue weighted by Crippen LogP contribution is 2.22. The smallest absolute Gasteiger partial charge is 0.355 e. The van der Waals surface area contributed by atoms with Crippen molar-refractivity contribution in [3.05, 3.63) is 23.7 Å². The Balaban J connectivity index is 2.36. The third-order valence-corrected chi connectivity index (χ3v) is 1.87. The van der Waals surface area contributed by atoms with Crippen molar-refractivity contribution in [1.29, 1.82) is 0 Å². The number of ether oxygens (including phenoxy) is 1. The minimum absolute atomic E-state index is 0.107. The summed E-state index contributed by atoms with van der Waals surface area (Å²) in [6.45, 7) is 0.107. The number of carbonyl (C=O) groups is 1. The minimum Gasteiger partial charge on any atom is -0.472 e. The first-order valence-corrected chi connectivity index (χ1v) is 4.08. The van der Waals surface area contributed by atoms with Crippen molar-refractivity contribution in [2.75, 3.05) is 6.61 Å². The number of carbonyl (C=O) groups excluding carboxylic acids is 1. The Morgan fingerprint density at radius 2 is 2.50 bits per heavy atom. The van der Waals surface area contributed by atoms with Crippen molar-refractivity contribution < 1.29 is 13.8 Å². The molecule has 0 aliphatic carbocycles. The van der Waals surface area contributed by atoms with Crippen molar-refractivity contribution in [3.8, 4) is 5.88 Å². The maximum Gasteiger partial charge on any atom is 0.355 e. The zero-order chi connectivity index (χ0) is 9.97. The van der Waals surface area contributed by atoms with Gasteiger partial charge in [-0.05, 0) is 6.08 Å². The number of rotatable bonds is 1. The Hall–Kier alpha value is -1.62. The summed E-state index contributed by atoms with van der Waals surface area (Å²) in [6, 6.07) is 0. The lowest BCUT2D eigenvalue weighted by Gasteiger charge is -2.13. The highest BCUT2D eigenvalue weighted by atomic mass is 35.5. The quantitative estimate of drug-likeness (QED) is 0.694. The molecule has 0 unspecified atom stereocenters. The van der Waals surface area contributed by atoms with Crippen LogP contribution in [0.3, 0.4) is 0 Å². The molecule has 0 bridgehead atoms. The van der Waals surface area contributed by atoms with Gasteiger partial charge in [-0.1, -0.05) is 0 Å². The van der Waals surface area contributed by atoms with E-state index in [4.69, 9.17) is 16.6 Å². The third-order valence-electron chi connectivity index (χ3n) is 1.73. The molecule has 1 aromatic rings. The second kappa shape index (κ2) is 3.63. The number of aromatic nitrogens is 2. The summed E-state index contributed by atoms with van der Waals surface area (Å²) in [5, 5.41) is 0. The van der Waals surface area contributed by atoms with Crippen LogP contribution in [0.15, 0.2) is 18.1 Å². The van der Waals surface area contributed by atoms with Crippen LogP contribution in [0.25, 0.3) is 6.08 Å². The molecule has 14 heavy (non-hydrogen) atoms. The van der Waals surface area contributed by atoms with Gasteiger partial charge in [0.05, 0.1) is 11.1 Å². The van der Waals surface area contributed by atoms with Crippen LogP contribution in [-0.4, -0.2) is 22.5 Å². The fourth-order valence-corrected chi connectivity index (χ4v) is 1.19. The summed E-state index contributed by atoms with van der Waals surface area (Å²) in [7, 11) is 0. The van der Waals surface area contributed by atoms with E-state index in [0.717, 1.165) is 0 Å². The number of hydrogen-bond acceptors (Lipinski definition) is 5. The van der Waals surface area contributed by atoms with Gasteiger partial charge in [0.2, 0.25) is 5.88 Å². The standard InChI is InChI=1S/C8H5ClN2O3/c9-14-8(12)6-1-5-2-10-4-11-7(5)13-3-6/h1-2,4H,3H2. The fourth-order valence-electron chi connectivity index (χ4n) is 1.09. The zero-order valence-corrected chi connectivity index (χ0v) is 7.69. The minimum atomic E-state index is -0.624. The van der Waals surface area contributed by atoms with Gasteiger partial charge in [0, 0.05) is 6.20 Å². The van der Waals surface area contributed by atoms with E-state index in [2.05, 4.69) is 14.3 Å². The summed E-state index contributed by atoms with van der Waals surface area (Å²) >= 11 is 4.94. The molecule has 0 aromatic carbocycles. The first kappa shape index (κ1) is 8.96. The van der Waals surface area contributed by atoms with Crippen molar-refractivity contribution in [2.45, 2.75) is 0 Å². The molecule has 0 spiro atoms. The van der Waals surface area contributed by atoms with Crippen LogP contribution in [0.1, 0.15) is 5.56 Å². The molecule has 2 heterocycles. The monoisotopic (exact) mass is 212 g/mol. The molecule has 0 saturated heterocycles. The van der Waals surface area contributed by atoms with E-state index in [1.165, 1.54) is 6.33 Å². The normalized spacial score (nSPS) is 13.6. The fraction of sp³-hybridized carbons (Fsp3) is 0.125. The van der Waals surface area contributed by atoms with Crippen molar-refractivity contribution >= 4 is 23.9 Å². The molecule has 1 aliphatic heterocycles. The third kappa shape index (κ3) is 1.54. The molecule has 0 atom stereocenters. The SMILES string of the molecule is O=C(OCl)C1=Cc2cncnc2OC1. The molecule has 6 heteroatoms. The van der Waals surface area contributed by atoms with Gasteiger partial charge in [-0.3, -0.25) is 0 Å². The van der Waals surface area contributed by atoms with Crippen LogP contribution >= 0.6 is 11.9 Å². The van der Waals surface area contributed by atoms with E-state index < -0.39 is 5.97 Å². The van der Waals surface area contributed by atoms with Gasteiger partial charge in [-0.15, -0.1) is 0 Å². The van der Waals surface area contributed by atoms with Crippen LogP contribution in [0.4, 0.5) is 0 Å². The second-order valence-corrected chi connectivity index (χ2v) is 2.76. The van der Waals surface area contributed by atoms with Gasteiger partial charge >= 0.3 is 5.97 Å². The summed E-state index contributed by atoms with van der Waals surface area (Å²) in [6.07, 6.45) is 4.50. The first-order chi connectivity index (χ1) is 6.81. The summed E-state index contributed by atoms with van der Waals surface area (Å²) in [4.78, 5) is 18.7. The van der Waals surface area contributed by atoms with Crippen LogP contribution in [0, 0.1) is 0 Å². The van der Waals surface area contributed by atoms with Gasteiger partial charge in [-0.2, -0.15) is 0 Å². The van der Waals surface area contributed by atoms with Crippen molar-refractivity contribution in [3.63, 3.8) is 0 Å². The average molecular weight is 213 g/mol. The van der Waals surface area contributed by atoms with Gasteiger partial charge in [0.25, 0.3) is 0 Å². The molecular weight excluding hydrogens is 208 g/mol. The lowest BCUT2D eigenvalue weighted by Crippen LogP contribution is -2.15. The molecule has 0 N–H and O–H groups in total. The van der Waals surface area contributed by atoms with Crippen molar-refractivity contribution in [1.82, 2.24) is 9.97 Å². The molecule has 72 valence electrons. The molecule has 1 aliphatic rings. The van der Waals surface area contributed by atoms with Crippen LogP contribution < -0.4 is 4.74 Å². The molecule has 1 aromatic heterocycles. The summed E-state index contributed by atoms with van der Waals surface area (Å²) in [5.41, 5.74) is 0.970. The predicted molar refractivity (Wildman–Crippen MR) is 47.4 cm³/mol. The first-order valence-electron chi connectivity index (χ1n) is 3.77. The maximum atomic E-state index is 11.0. The van der Waals surface area contributed by atoms with E-state index in [0.29, 0.717) is 17.0 Å². The van der Waals surface area contributed by atoms with E-state index >= 15 is 0 Å². The Bertz CT molecular complexity index is 405. The topological polar surface area (TPSA) is 61.3 Å². The van der Waals surface area contributed by atoms with Crippen LogP contribution in [0.5, 0.6) is 5.88 Å². The maximum absolute atomic E-state index is 11.0. The molecule has 0 saturated carbocycles. The highest BCUT2D eigenvalue weighted by Gasteiger charge is 2.18. The van der Waals surface area contributed by atoms with E-state index in [1.54, 1.807) is 12.3 Å². The Morgan fingerprint density at radius 3 is 3.29 bits per heavy atom. The molecule has 2 rings (SSSR count). The molecule has 0 amide bonds. The molecule has 0 fully saturated rings. The summed E-state index contributed by atoms with van der Waals surface area (Å²) in [5.74, 6) is -0.174. The second-order valence-electron chi connectivity index (χ2n) is 2.61. The Kier molecular flexibility index (Phi) is 2.32. The average Bonchev–Trinajstić information content (AvgIpc) is 2.27. The van der Waals surface area contributed by atoms with Gasteiger partial charge < -0.3 is 9.03 Å². The molecular formula is C8H5ClN2O3. The van der Waals surface area contributed by atoms with E-state index in [1.807, 2.05) is 0 Å². The van der Waals surface area contributed by atoms with Gasteiger partial charge in [0.1, 0.15) is 24.8 Å². The van der Waals surface area contributed by atoms with Crippen molar-refractivity contribution in [2.24, 2.45) is 0 Å². The summed E-state index contributed by atoms with van der Waals surface area (Å²) < 4.78 is 9.23. The highest BCUT2D eigenvalue weighted by molar-refractivity contribution is 6.16. The lowest BCUT2D eigenvalue weighted by molar-refractivity contribution is -0.130. The molecule has 5 nitrogen and oxygen atoms in total. The largest absolute Gasteiger partial charge is 0.472 e. The van der Waals surface area contributed by atoms with E-state index in [-0.39, 0.29) is 6.61 Å². The van der Waals surface area contributed by atoms with Crippen LogP contribution in [0.2, 0.25) is 0 Å².